The number of piperazine rings is 1. The second kappa shape index (κ2) is 11.3. The molecule has 1 spiro atoms. The number of carbonyl (C=O) groups is 3. The van der Waals surface area contributed by atoms with Gasteiger partial charge in [-0.15, -0.1) is 0 Å². The highest BCUT2D eigenvalue weighted by Gasteiger charge is 2.42. The number of piperidine rings is 2. The molecule has 0 bridgehead atoms. The number of carbonyl (C=O) groups excluding carboxylic acids is 3. The van der Waals surface area contributed by atoms with Crippen molar-refractivity contribution in [2.75, 3.05) is 57.3 Å². The summed E-state index contributed by atoms with van der Waals surface area (Å²) in [7, 11) is 0. The lowest BCUT2D eigenvalue weighted by molar-refractivity contribution is -0.137. The van der Waals surface area contributed by atoms with Crippen LogP contribution in [0.25, 0.3) is 0 Å². The van der Waals surface area contributed by atoms with Crippen molar-refractivity contribution in [1.29, 1.82) is 0 Å². The summed E-state index contributed by atoms with van der Waals surface area (Å²) in [5.74, 6) is -0.490. The van der Waals surface area contributed by atoms with Gasteiger partial charge in [0.25, 0.3) is 0 Å². The molecular weight excluding hydrogens is 515 g/mol. The Morgan fingerprint density at radius 2 is 1.92 bits per heavy atom. The number of halogens is 1. The van der Waals surface area contributed by atoms with E-state index in [4.69, 9.17) is 8.92 Å². The van der Waals surface area contributed by atoms with E-state index in [0.717, 1.165) is 39.0 Å². The Labute approximate surface area is 224 Å². The summed E-state index contributed by atoms with van der Waals surface area (Å²) in [6.07, 6.45) is 3.43. The number of likely N-dealkylation sites (tertiary alicyclic amines) is 1. The molecule has 10 nitrogen and oxygen atoms in total. The standard InChI is InChI=1S/C26H35FN4O6S/c1-18-15-26(36-17-18)6-8-31(9-7-26)24(33)16-29-10-12-30(13-11-29)21-4-2-19(14-22(21)37-38(27)35)20-3-5-23(32)28-25(20)34/h2,4,14,18,20H,3,5-13,15-17H2,1H3,(H,28,32,34). The maximum atomic E-state index is 13.4. The van der Waals surface area contributed by atoms with Crippen LogP contribution in [0.1, 0.15) is 50.5 Å². The van der Waals surface area contributed by atoms with Gasteiger partial charge < -0.3 is 18.7 Å². The number of amides is 3. The summed E-state index contributed by atoms with van der Waals surface area (Å²) in [4.78, 5) is 42.8. The van der Waals surface area contributed by atoms with Gasteiger partial charge in [-0.3, -0.25) is 24.6 Å². The second-order valence-electron chi connectivity index (χ2n) is 11.0. The largest absolute Gasteiger partial charge is 0.401 e. The average molecular weight is 551 g/mol. The SMILES string of the molecule is CC1COC2(CCN(C(=O)CN3CCN(c4ccc(C5CCC(=O)NC5=O)cc4OS(=O)F)CC3)CC2)C1. The van der Waals surface area contributed by atoms with Crippen LogP contribution in [-0.4, -0.2) is 89.8 Å². The lowest BCUT2D eigenvalue weighted by Gasteiger charge is -2.40. The molecule has 0 saturated carbocycles. The van der Waals surface area contributed by atoms with E-state index in [1.54, 1.807) is 12.1 Å². The van der Waals surface area contributed by atoms with E-state index in [-0.39, 0.29) is 29.6 Å². The number of rotatable bonds is 6. The smallest absolute Gasteiger partial charge is 0.375 e. The predicted octanol–water partition coefficient (Wildman–Crippen LogP) is 1.67. The first-order valence-corrected chi connectivity index (χ1v) is 14.3. The van der Waals surface area contributed by atoms with Crippen LogP contribution >= 0.6 is 0 Å². The van der Waals surface area contributed by atoms with Gasteiger partial charge in [-0.2, -0.15) is 4.21 Å². The summed E-state index contributed by atoms with van der Waals surface area (Å²) in [5, 5.41) is 2.32. The average Bonchev–Trinajstić information content (AvgIpc) is 3.24. The van der Waals surface area contributed by atoms with Gasteiger partial charge in [0.2, 0.25) is 17.7 Å². The van der Waals surface area contributed by atoms with E-state index >= 15 is 0 Å². The van der Waals surface area contributed by atoms with Crippen LogP contribution < -0.4 is 14.4 Å². The van der Waals surface area contributed by atoms with Gasteiger partial charge in [-0.05, 0) is 49.3 Å². The monoisotopic (exact) mass is 550 g/mol. The van der Waals surface area contributed by atoms with Crippen molar-refractivity contribution < 1.29 is 31.4 Å². The number of anilines is 1. The van der Waals surface area contributed by atoms with Crippen molar-refractivity contribution in [2.45, 2.75) is 50.5 Å². The first-order valence-electron chi connectivity index (χ1n) is 13.3. The molecule has 0 aromatic heterocycles. The summed E-state index contributed by atoms with van der Waals surface area (Å²) in [6, 6.07) is 5.02. The van der Waals surface area contributed by atoms with Gasteiger partial charge in [-0.25, -0.2) is 0 Å². The molecule has 5 rings (SSSR count). The Hall–Kier alpha value is -2.57. The highest BCUT2D eigenvalue weighted by molar-refractivity contribution is 7.75. The molecule has 4 saturated heterocycles. The third kappa shape index (κ3) is 6.02. The number of ether oxygens (including phenoxy) is 1. The Kier molecular flexibility index (Phi) is 8.01. The van der Waals surface area contributed by atoms with E-state index in [2.05, 4.69) is 17.1 Å². The number of benzene rings is 1. The van der Waals surface area contributed by atoms with Crippen molar-refractivity contribution in [1.82, 2.24) is 15.1 Å². The number of nitrogens with zero attached hydrogens (tertiary/aromatic N) is 3. The summed E-state index contributed by atoms with van der Waals surface area (Å²) < 4.78 is 35.7. The molecule has 1 aromatic rings. The van der Waals surface area contributed by atoms with Gasteiger partial charge in [0.1, 0.15) is 0 Å². The fourth-order valence-corrected chi connectivity index (χ4v) is 6.45. The number of hydrogen-bond donors (Lipinski definition) is 1. The summed E-state index contributed by atoms with van der Waals surface area (Å²) in [5.41, 5.74) is 1.10. The third-order valence-corrected chi connectivity index (χ3v) is 8.59. The second-order valence-corrected chi connectivity index (χ2v) is 11.5. The molecule has 4 heterocycles. The Bertz CT molecular complexity index is 1100. The van der Waals surface area contributed by atoms with E-state index in [9.17, 15) is 22.5 Å². The quantitative estimate of drug-likeness (QED) is 0.421. The zero-order valence-corrected chi connectivity index (χ0v) is 22.5. The Balaban J connectivity index is 1.17. The molecule has 0 aliphatic carbocycles. The molecule has 38 heavy (non-hydrogen) atoms. The molecule has 3 atom stereocenters. The van der Waals surface area contributed by atoms with Crippen molar-refractivity contribution in [3.63, 3.8) is 0 Å². The fourth-order valence-electron chi connectivity index (χ4n) is 6.18. The highest BCUT2D eigenvalue weighted by atomic mass is 32.2. The minimum atomic E-state index is -3.03. The van der Waals surface area contributed by atoms with Crippen molar-refractivity contribution in [3.05, 3.63) is 23.8 Å². The summed E-state index contributed by atoms with van der Waals surface area (Å²) >= 11 is -3.03. The molecule has 208 valence electrons. The van der Waals surface area contributed by atoms with E-state index in [0.29, 0.717) is 56.3 Å². The maximum absolute atomic E-state index is 13.4. The zero-order valence-electron chi connectivity index (χ0n) is 21.7. The number of hydrogen-bond acceptors (Lipinski definition) is 8. The Morgan fingerprint density at radius 1 is 1.18 bits per heavy atom. The molecule has 4 fully saturated rings. The molecule has 0 radical (unpaired) electrons. The van der Waals surface area contributed by atoms with E-state index < -0.39 is 23.3 Å². The lowest BCUT2D eigenvalue weighted by atomic mass is 9.86. The molecule has 3 unspecified atom stereocenters. The van der Waals surface area contributed by atoms with Crippen LogP contribution in [0.2, 0.25) is 0 Å². The van der Waals surface area contributed by atoms with Crippen LogP contribution in [0.5, 0.6) is 5.75 Å². The van der Waals surface area contributed by atoms with Gasteiger partial charge >= 0.3 is 11.5 Å². The molecule has 1 N–H and O–H groups in total. The first-order chi connectivity index (χ1) is 18.2. The fraction of sp³-hybridized carbons (Fsp3) is 0.654. The Morgan fingerprint density at radius 3 is 2.55 bits per heavy atom. The summed E-state index contributed by atoms with van der Waals surface area (Å²) in [6.45, 7) is 7.26. The van der Waals surface area contributed by atoms with Crippen molar-refractivity contribution in [2.24, 2.45) is 5.92 Å². The normalized spacial score (nSPS) is 26.9. The van der Waals surface area contributed by atoms with Crippen LogP contribution in [0, 0.1) is 5.92 Å². The maximum Gasteiger partial charge on any atom is 0.401 e. The lowest BCUT2D eigenvalue weighted by Crippen LogP contribution is -2.52. The van der Waals surface area contributed by atoms with E-state index in [1.165, 1.54) is 6.07 Å². The highest BCUT2D eigenvalue weighted by Crippen LogP contribution is 2.39. The predicted molar refractivity (Wildman–Crippen MR) is 138 cm³/mol. The number of imide groups is 1. The van der Waals surface area contributed by atoms with Gasteiger partial charge in [0.15, 0.2) is 5.75 Å². The third-order valence-electron chi connectivity index (χ3n) is 8.27. The van der Waals surface area contributed by atoms with Gasteiger partial charge in [0.05, 0.1) is 23.8 Å². The van der Waals surface area contributed by atoms with Gasteiger partial charge in [0, 0.05) is 52.3 Å². The van der Waals surface area contributed by atoms with Crippen LogP contribution in [0.3, 0.4) is 0 Å². The first kappa shape index (κ1) is 27.0. The molecule has 12 heteroatoms. The molecule has 3 amide bonds. The molecular formula is C26H35FN4O6S. The van der Waals surface area contributed by atoms with Crippen LogP contribution in [0.4, 0.5) is 9.57 Å². The van der Waals surface area contributed by atoms with Gasteiger partial charge in [-0.1, -0.05) is 16.9 Å². The molecule has 4 aliphatic rings. The zero-order chi connectivity index (χ0) is 26.9. The van der Waals surface area contributed by atoms with Crippen LogP contribution in [-0.2, 0) is 30.6 Å². The van der Waals surface area contributed by atoms with E-state index in [1.807, 2.05) is 9.80 Å². The molecule has 1 aromatic carbocycles. The van der Waals surface area contributed by atoms with Crippen LogP contribution in [0.15, 0.2) is 18.2 Å². The minimum Gasteiger partial charge on any atom is -0.375 e. The number of nitrogens with one attached hydrogen (secondary N) is 1. The van der Waals surface area contributed by atoms with Crippen molar-refractivity contribution >= 4 is 34.9 Å². The minimum absolute atomic E-state index is 0.0430. The molecule has 4 aliphatic heterocycles. The topological polar surface area (TPSA) is 108 Å². The van der Waals surface area contributed by atoms with Crippen molar-refractivity contribution in [3.8, 4) is 5.75 Å².